The third-order valence-electron chi connectivity index (χ3n) is 18.2. The summed E-state index contributed by atoms with van der Waals surface area (Å²) in [6.07, 6.45) is 5.86. The molecular weight excluding hydrogens is 979 g/mol. The van der Waals surface area contributed by atoms with Crippen molar-refractivity contribution >= 4 is 0 Å². The maximum atomic E-state index is 5.27. The molecule has 0 bridgehead atoms. The molecule has 3 nitrogen and oxygen atoms in total. The molecule has 0 radical (unpaired) electrons. The van der Waals surface area contributed by atoms with Crippen LogP contribution in [0.2, 0.25) is 0 Å². The van der Waals surface area contributed by atoms with E-state index in [1.165, 1.54) is 22.3 Å². The smallest absolute Gasteiger partial charge is 0.0705 e. The second kappa shape index (κ2) is 20.6. The summed E-state index contributed by atoms with van der Waals surface area (Å²) < 4.78 is 0. The maximum absolute atomic E-state index is 5.27. The highest BCUT2D eigenvalue weighted by atomic mass is 14.7. The largest absolute Gasteiger partial charge is 0.256 e. The Balaban J connectivity index is 0.989. The van der Waals surface area contributed by atoms with Gasteiger partial charge >= 0.3 is 0 Å². The maximum Gasteiger partial charge on any atom is 0.0705 e. The molecule has 1 aliphatic rings. The molecule has 3 heterocycles. The number of hydrogen-bond donors (Lipinski definition) is 0. The molecule has 0 unspecified atom stereocenters. The fourth-order valence-corrected chi connectivity index (χ4v) is 12.5. The Morgan fingerprint density at radius 3 is 1.06 bits per heavy atom. The van der Waals surface area contributed by atoms with E-state index in [4.69, 9.17) is 4.98 Å². The van der Waals surface area contributed by atoms with Gasteiger partial charge in [0, 0.05) is 35.3 Å². The SMILES string of the molecule is CC1(C)c2cnc(-c3ccc(-c4ccccc4-c4cc(-c5ccccc5-c5ccc(-c6ccccn6)cc5)cc(-c5ccccc5-c5ccc(-c6ccccn6)cc5)c4)c(-c4ccc(-c5ccccc5)cc4)c3)cc2C(C)(C)C1(C)C. The summed E-state index contributed by atoms with van der Waals surface area (Å²) in [6.45, 7) is 14.4. The minimum Gasteiger partial charge on any atom is -0.256 e. The van der Waals surface area contributed by atoms with Gasteiger partial charge in [-0.1, -0.05) is 242 Å². The van der Waals surface area contributed by atoms with E-state index in [1.54, 1.807) is 0 Å². The van der Waals surface area contributed by atoms with Crippen molar-refractivity contribution in [2.45, 2.75) is 52.4 Å². The molecule has 13 rings (SSSR count). The van der Waals surface area contributed by atoms with E-state index in [1.807, 2.05) is 36.7 Å². The zero-order chi connectivity index (χ0) is 55.3. The van der Waals surface area contributed by atoms with Crippen molar-refractivity contribution in [1.29, 1.82) is 0 Å². The molecule has 0 spiro atoms. The number of rotatable bonds is 11. The van der Waals surface area contributed by atoms with Crippen LogP contribution in [0.25, 0.3) is 123 Å². The fraction of sp³-hybridized carbons (Fsp3) is 0.115. The lowest BCUT2D eigenvalue weighted by molar-refractivity contribution is 0.125. The van der Waals surface area contributed by atoms with Gasteiger partial charge in [-0.15, -0.1) is 0 Å². The van der Waals surface area contributed by atoms with E-state index in [0.29, 0.717) is 0 Å². The first kappa shape index (κ1) is 50.9. The van der Waals surface area contributed by atoms with Crippen molar-refractivity contribution in [2.75, 3.05) is 0 Å². The van der Waals surface area contributed by atoms with Crippen LogP contribution in [0, 0.1) is 5.41 Å². The molecule has 390 valence electrons. The number of hydrogen-bond acceptors (Lipinski definition) is 3. The van der Waals surface area contributed by atoms with Crippen LogP contribution in [0.5, 0.6) is 0 Å². The third-order valence-corrected chi connectivity index (χ3v) is 18.2. The lowest BCUT2D eigenvalue weighted by atomic mass is 9.59. The number of nitrogens with zero attached hydrogens (tertiary/aromatic N) is 3. The van der Waals surface area contributed by atoms with Crippen LogP contribution in [0.15, 0.2) is 273 Å². The lowest BCUT2D eigenvalue weighted by Gasteiger charge is -2.44. The molecule has 0 saturated heterocycles. The number of fused-ring (bicyclic) bond motifs is 1. The zero-order valence-corrected chi connectivity index (χ0v) is 46.8. The Morgan fingerprint density at radius 2 is 0.580 bits per heavy atom. The third kappa shape index (κ3) is 9.19. The summed E-state index contributed by atoms with van der Waals surface area (Å²) in [5.41, 5.74) is 27.3. The van der Waals surface area contributed by atoms with Crippen LogP contribution in [0.3, 0.4) is 0 Å². The molecule has 0 N–H and O–H groups in total. The molecule has 9 aromatic carbocycles. The number of pyridine rings is 3. The Hall–Kier alpha value is -9.57. The average Bonchev–Trinajstić information content (AvgIpc) is 2.80. The van der Waals surface area contributed by atoms with Gasteiger partial charge in [0.15, 0.2) is 0 Å². The topological polar surface area (TPSA) is 38.7 Å². The fourth-order valence-electron chi connectivity index (χ4n) is 12.5. The van der Waals surface area contributed by atoms with Crippen LogP contribution in [0.1, 0.15) is 52.7 Å². The van der Waals surface area contributed by atoms with Crippen LogP contribution >= 0.6 is 0 Å². The first-order valence-corrected chi connectivity index (χ1v) is 28.2. The van der Waals surface area contributed by atoms with Crippen molar-refractivity contribution in [3.63, 3.8) is 0 Å². The van der Waals surface area contributed by atoms with Crippen LogP contribution in [-0.2, 0) is 10.8 Å². The molecule has 0 fully saturated rings. The Labute approximate surface area is 477 Å². The Bertz CT molecular complexity index is 4110. The van der Waals surface area contributed by atoms with Crippen molar-refractivity contribution < 1.29 is 0 Å². The van der Waals surface area contributed by atoms with Gasteiger partial charge in [0.2, 0.25) is 0 Å². The second-order valence-corrected chi connectivity index (χ2v) is 23.2. The minimum atomic E-state index is -0.0532. The van der Waals surface area contributed by atoms with Gasteiger partial charge in [-0.2, -0.15) is 0 Å². The van der Waals surface area contributed by atoms with Gasteiger partial charge in [0.05, 0.1) is 17.1 Å². The minimum absolute atomic E-state index is 0.0291. The van der Waals surface area contributed by atoms with Crippen molar-refractivity contribution in [1.82, 2.24) is 15.0 Å². The van der Waals surface area contributed by atoms with Crippen molar-refractivity contribution in [2.24, 2.45) is 5.41 Å². The molecule has 3 heteroatoms. The van der Waals surface area contributed by atoms with E-state index in [9.17, 15) is 0 Å². The van der Waals surface area contributed by atoms with E-state index in [-0.39, 0.29) is 16.2 Å². The quantitative estimate of drug-likeness (QED) is 0.130. The normalized spacial score (nSPS) is 13.9. The monoisotopic (exact) mass is 1040 g/mol. The van der Waals surface area contributed by atoms with E-state index in [0.717, 1.165) is 112 Å². The average molecular weight is 1040 g/mol. The van der Waals surface area contributed by atoms with Crippen molar-refractivity contribution in [3.05, 3.63) is 285 Å². The van der Waals surface area contributed by atoms with Gasteiger partial charge in [-0.05, 0) is 171 Å². The van der Waals surface area contributed by atoms with Gasteiger partial charge < -0.3 is 0 Å². The summed E-state index contributed by atoms with van der Waals surface area (Å²) >= 11 is 0. The number of aromatic nitrogens is 3. The van der Waals surface area contributed by atoms with Crippen LogP contribution in [-0.4, -0.2) is 15.0 Å². The molecular formula is C78H63N3. The summed E-state index contributed by atoms with van der Waals surface area (Å²) in [7, 11) is 0. The summed E-state index contributed by atoms with van der Waals surface area (Å²) in [6, 6.07) is 92.7. The van der Waals surface area contributed by atoms with Gasteiger partial charge in [-0.3, -0.25) is 15.0 Å². The first-order chi connectivity index (χ1) is 39.4. The second-order valence-electron chi connectivity index (χ2n) is 23.2. The van der Waals surface area contributed by atoms with Gasteiger partial charge in [0.25, 0.3) is 0 Å². The molecule has 0 atom stereocenters. The molecule has 3 aromatic heterocycles. The predicted molar refractivity (Wildman–Crippen MR) is 339 cm³/mol. The van der Waals surface area contributed by atoms with E-state index in [2.05, 4.69) is 288 Å². The van der Waals surface area contributed by atoms with Gasteiger partial charge in [0.1, 0.15) is 0 Å². The summed E-state index contributed by atoms with van der Waals surface area (Å²) in [5, 5.41) is 0. The van der Waals surface area contributed by atoms with E-state index >= 15 is 0 Å². The molecule has 0 amide bonds. The molecule has 1 aliphatic carbocycles. The Morgan fingerprint density at radius 1 is 0.222 bits per heavy atom. The van der Waals surface area contributed by atoms with Crippen LogP contribution < -0.4 is 0 Å². The summed E-state index contributed by atoms with van der Waals surface area (Å²) in [5.74, 6) is 0. The molecule has 0 saturated carbocycles. The highest BCUT2D eigenvalue weighted by Gasteiger charge is 2.57. The standard InChI is InChI=1S/C78H63N3/c1-76(2)71-50-75(81-51-72(71)77(3,4)78(76,5)6)59-42-43-69(70(49-59)56-32-30-53(31-33-56)52-20-8-7-9-21-52)68-27-15-14-26-67(68)62-47-60(65-24-12-10-22-63(65)54-34-38-57(39-35-54)73-28-16-18-44-79-73)46-61(48-62)66-25-13-11-23-64(66)55-36-40-58(41-37-55)74-29-17-19-45-80-74/h7-51H,1-6H3. The Kier molecular flexibility index (Phi) is 12.9. The number of benzene rings is 9. The van der Waals surface area contributed by atoms with Gasteiger partial charge in [-0.25, -0.2) is 0 Å². The zero-order valence-electron chi connectivity index (χ0n) is 46.8. The highest BCUT2D eigenvalue weighted by Crippen LogP contribution is 2.61. The van der Waals surface area contributed by atoms with E-state index < -0.39 is 0 Å². The lowest BCUT2D eigenvalue weighted by Crippen LogP contribution is -2.42. The van der Waals surface area contributed by atoms with Crippen molar-refractivity contribution in [3.8, 4) is 123 Å². The first-order valence-electron chi connectivity index (χ1n) is 28.2. The predicted octanol–water partition coefficient (Wildman–Crippen LogP) is 20.8. The molecule has 12 aromatic rings. The molecule has 81 heavy (non-hydrogen) atoms. The highest BCUT2D eigenvalue weighted by molar-refractivity contribution is 5.97. The summed E-state index contributed by atoms with van der Waals surface area (Å²) in [4.78, 5) is 14.6. The van der Waals surface area contributed by atoms with Crippen LogP contribution in [0.4, 0.5) is 0 Å². The molecule has 0 aliphatic heterocycles.